The van der Waals surface area contributed by atoms with Crippen LogP contribution in [-0.2, 0) is 17.8 Å². The molecule has 1 aromatic heterocycles. The van der Waals surface area contributed by atoms with Crippen LogP contribution in [0.5, 0.6) is 5.75 Å². The van der Waals surface area contributed by atoms with E-state index in [1.165, 1.54) is 16.7 Å². The third-order valence-corrected chi connectivity index (χ3v) is 4.74. The van der Waals surface area contributed by atoms with Crippen molar-refractivity contribution >= 4 is 5.91 Å². The predicted octanol–water partition coefficient (Wildman–Crippen LogP) is 3.36. The van der Waals surface area contributed by atoms with Gasteiger partial charge in [0.1, 0.15) is 11.8 Å². The predicted molar refractivity (Wildman–Crippen MR) is 99.9 cm³/mol. The number of aromatic nitrogens is 2. The number of rotatable bonds is 5. The van der Waals surface area contributed by atoms with Crippen LogP contribution in [0.15, 0.2) is 60.9 Å². The molecular weight excluding hydrogens is 326 g/mol. The van der Waals surface area contributed by atoms with Gasteiger partial charge in [0.25, 0.3) is 0 Å². The van der Waals surface area contributed by atoms with Gasteiger partial charge in [0, 0.05) is 25.4 Å². The zero-order valence-electron chi connectivity index (χ0n) is 14.7. The van der Waals surface area contributed by atoms with Gasteiger partial charge in [-0.25, -0.2) is 0 Å². The van der Waals surface area contributed by atoms with Gasteiger partial charge in [-0.1, -0.05) is 30.3 Å². The fourth-order valence-corrected chi connectivity index (χ4v) is 3.15. The molecule has 2 aromatic carbocycles. The van der Waals surface area contributed by atoms with E-state index in [2.05, 4.69) is 46.8 Å². The highest BCUT2D eigenvalue weighted by atomic mass is 16.5. The molecule has 1 N–H and O–H groups in total. The highest BCUT2D eigenvalue weighted by Gasteiger charge is 2.15. The summed E-state index contributed by atoms with van der Waals surface area (Å²) in [5.41, 5.74) is 4.70. The Hall–Kier alpha value is -3.08. The molecule has 0 fully saturated rings. The second kappa shape index (κ2) is 7.04. The third-order valence-electron chi connectivity index (χ3n) is 4.74. The lowest BCUT2D eigenvalue weighted by Crippen LogP contribution is -2.30. The van der Waals surface area contributed by atoms with Crippen LogP contribution in [-0.4, -0.2) is 22.3 Å². The number of ether oxygens (including phenoxy) is 1. The van der Waals surface area contributed by atoms with Crippen LogP contribution >= 0.6 is 0 Å². The maximum Gasteiger partial charge on any atom is 0.244 e. The summed E-state index contributed by atoms with van der Waals surface area (Å²) in [6.07, 6.45) is 4.44. The average Bonchev–Trinajstić information content (AvgIpc) is 3.37. The number of hydrogen-bond acceptors (Lipinski definition) is 3. The van der Waals surface area contributed by atoms with Crippen molar-refractivity contribution in [3.63, 3.8) is 0 Å². The number of carbonyl (C=O) groups is 1. The largest absolute Gasteiger partial charge is 0.493 e. The van der Waals surface area contributed by atoms with Crippen molar-refractivity contribution in [1.82, 2.24) is 15.1 Å². The van der Waals surface area contributed by atoms with Gasteiger partial charge < -0.3 is 10.1 Å². The van der Waals surface area contributed by atoms with Crippen molar-refractivity contribution in [1.29, 1.82) is 0 Å². The zero-order chi connectivity index (χ0) is 17.9. The molecule has 1 atom stereocenters. The van der Waals surface area contributed by atoms with Gasteiger partial charge in [0.2, 0.25) is 5.91 Å². The lowest BCUT2D eigenvalue weighted by Gasteiger charge is -2.13. The van der Waals surface area contributed by atoms with Crippen LogP contribution in [0.2, 0.25) is 0 Å². The molecule has 26 heavy (non-hydrogen) atoms. The van der Waals surface area contributed by atoms with Gasteiger partial charge >= 0.3 is 0 Å². The lowest BCUT2D eigenvalue weighted by atomic mass is 10.0. The van der Waals surface area contributed by atoms with E-state index in [1.807, 2.05) is 19.1 Å². The normalized spacial score (nSPS) is 13.7. The molecule has 4 rings (SSSR count). The van der Waals surface area contributed by atoms with E-state index in [0.717, 1.165) is 24.3 Å². The number of amides is 1. The van der Waals surface area contributed by atoms with E-state index < -0.39 is 0 Å². The molecule has 0 saturated heterocycles. The van der Waals surface area contributed by atoms with Gasteiger partial charge in [0.05, 0.1) is 6.61 Å². The number of carbonyl (C=O) groups excluding carboxylic acids is 1. The molecule has 0 spiro atoms. The van der Waals surface area contributed by atoms with E-state index >= 15 is 0 Å². The van der Waals surface area contributed by atoms with Gasteiger partial charge in [-0.3, -0.25) is 9.48 Å². The Labute approximate surface area is 152 Å². The molecule has 2 heterocycles. The monoisotopic (exact) mass is 347 g/mol. The molecule has 0 bridgehead atoms. The molecule has 132 valence electrons. The number of nitrogens with one attached hydrogen (secondary N) is 1. The maximum absolute atomic E-state index is 12.2. The second-order valence-electron chi connectivity index (χ2n) is 6.50. The number of benzene rings is 2. The van der Waals surface area contributed by atoms with E-state index in [9.17, 15) is 4.79 Å². The fraction of sp³-hybridized carbons (Fsp3) is 0.238. The molecule has 0 radical (unpaired) electrons. The molecule has 5 heteroatoms. The Kier molecular flexibility index (Phi) is 4.44. The first-order chi connectivity index (χ1) is 12.7. The summed E-state index contributed by atoms with van der Waals surface area (Å²) < 4.78 is 7.21. The summed E-state index contributed by atoms with van der Waals surface area (Å²) in [7, 11) is 0. The minimum Gasteiger partial charge on any atom is -0.493 e. The summed E-state index contributed by atoms with van der Waals surface area (Å²) >= 11 is 0. The van der Waals surface area contributed by atoms with Crippen LogP contribution in [0.3, 0.4) is 0 Å². The van der Waals surface area contributed by atoms with Crippen molar-refractivity contribution < 1.29 is 9.53 Å². The smallest absolute Gasteiger partial charge is 0.244 e. The lowest BCUT2D eigenvalue weighted by molar-refractivity contribution is -0.124. The number of hydrogen-bond donors (Lipinski definition) is 1. The first-order valence-electron chi connectivity index (χ1n) is 8.82. The Morgan fingerprint density at radius 3 is 2.81 bits per heavy atom. The van der Waals surface area contributed by atoms with Gasteiger partial charge in [0.15, 0.2) is 0 Å². The Morgan fingerprint density at radius 1 is 1.23 bits per heavy atom. The molecule has 1 aliphatic heterocycles. The summed E-state index contributed by atoms with van der Waals surface area (Å²) in [4.78, 5) is 12.2. The minimum atomic E-state index is -0.321. The van der Waals surface area contributed by atoms with Crippen molar-refractivity contribution in [3.05, 3.63) is 72.1 Å². The molecule has 3 aromatic rings. The highest BCUT2D eigenvalue weighted by Crippen LogP contribution is 2.30. The molecule has 5 nitrogen and oxygen atoms in total. The van der Waals surface area contributed by atoms with E-state index in [-0.39, 0.29) is 11.9 Å². The van der Waals surface area contributed by atoms with E-state index in [4.69, 9.17) is 4.74 Å². The first kappa shape index (κ1) is 16.4. The van der Waals surface area contributed by atoms with Crippen LogP contribution in [0.4, 0.5) is 0 Å². The topological polar surface area (TPSA) is 56.1 Å². The molecule has 1 amide bonds. The number of fused-ring (bicyclic) bond motifs is 1. The van der Waals surface area contributed by atoms with Crippen molar-refractivity contribution in [2.75, 3.05) is 6.61 Å². The first-order valence-corrected chi connectivity index (χ1v) is 8.82. The summed E-state index contributed by atoms with van der Waals surface area (Å²) in [5, 5.41) is 7.07. The molecule has 1 unspecified atom stereocenters. The van der Waals surface area contributed by atoms with Gasteiger partial charge in [-0.05, 0) is 47.4 Å². The Balaban J connectivity index is 1.39. The quantitative estimate of drug-likeness (QED) is 0.770. The average molecular weight is 347 g/mol. The van der Waals surface area contributed by atoms with E-state index in [1.54, 1.807) is 17.1 Å². The summed E-state index contributed by atoms with van der Waals surface area (Å²) in [6.45, 7) is 3.11. The van der Waals surface area contributed by atoms with Crippen molar-refractivity contribution in [3.8, 4) is 16.9 Å². The zero-order valence-corrected chi connectivity index (χ0v) is 14.7. The Bertz CT molecular complexity index is 902. The standard InChI is InChI=1S/C21H21N3O2/c1-15(24-11-2-10-23-24)21(25)22-14-16-3-5-17(6-4-16)18-7-8-20-19(13-18)9-12-26-20/h2-8,10-11,13,15H,9,12,14H2,1H3,(H,22,25). The molecule has 0 saturated carbocycles. The van der Waals surface area contributed by atoms with Crippen molar-refractivity contribution in [2.24, 2.45) is 0 Å². The summed E-state index contributed by atoms with van der Waals surface area (Å²) in [6, 6.07) is 16.1. The van der Waals surface area contributed by atoms with Crippen LogP contribution in [0, 0.1) is 0 Å². The summed E-state index contributed by atoms with van der Waals surface area (Å²) in [5.74, 6) is 0.954. The molecule has 0 aliphatic carbocycles. The fourth-order valence-electron chi connectivity index (χ4n) is 3.15. The van der Waals surface area contributed by atoms with Crippen molar-refractivity contribution in [2.45, 2.75) is 25.9 Å². The second-order valence-corrected chi connectivity index (χ2v) is 6.50. The maximum atomic E-state index is 12.2. The minimum absolute atomic E-state index is 0.0450. The van der Waals surface area contributed by atoms with Crippen LogP contribution in [0.25, 0.3) is 11.1 Å². The Morgan fingerprint density at radius 2 is 2.04 bits per heavy atom. The van der Waals surface area contributed by atoms with E-state index in [0.29, 0.717) is 6.54 Å². The molecule has 1 aliphatic rings. The van der Waals surface area contributed by atoms with Crippen LogP contribution < -0.4 is 10.1 Å². The van der Waals surface area contributed by atoms with Gasteiger partial charge in [-0.15, -0.1) is 0 Å². The SMILES string of the molecule is CC(C(=O)NCc1ccc(-c2ccc3c(c2)CCO3)cc1)n1cccn1. The van der Waals surface area contributed by atoms with Crippen LogP contribution in [0.1, 0.15) is 24.1 Å². The van der Waals surface area contributed by atoms with Gasteiger partial charge in [-0.2, -0.15) is 5.10 Å². The number of nitrogens with zero attached hydrogens (tertiary/aromatic N) is 2. The molecular formula is C21H21N3O2. The third kappa shape index (κ3) is 3.33. The highest BCUT2D eigenvalue weighted by molar-refractivity contribution is 5.79.